The molecule has 4 aromatic rings. The van der Waals surface area contributed by atoms with Crippen LogP contribution in [0.1, 0.15) is 11.1 Å². The van der Waals surface area contributed by atoms with Gasteiger partial charge in [0.25, 0.3) is 5.56 Å². The van der Waals surface area contributed by atoms with Crippen molar-refractivity contribution in [3.8, 4) is 23.3 Å². The summed E-state index contributed by atoms with van der Waals surface area (Å²) in [4.78, 5) is 26.9. The van der Waals surface area contributed by atoms with E-state index in [-0.39, 0.29) is 6.54 Å². The van der Waals surface area contributed by atoms with E-state index in [1.807, 2.05) is 6.07 Å². The largest absolute Gasteiger partial charge is 0.497 e. The van der Waals surface area contributed by atoms with Crippen LogP contribution in [-0.4, -0.2) is 23.4 Å². The number of benzene rings is 3. The summed E-state index contributed by atoms with van der Waals surface area (Å²) in [5.41, 5.74) is 0.983. The molecule has 1 heterocycles. The molecule has 3 aromatic carbocycles. The smallest absolute Gasteiger partial charge is 0.336 e. The van der Waals surface area contributed by atoms with Gasteiger partial charge in [-0.25, -0.2) is 9.36 Å². The third-order valence-electron chi connectivity index (χ3n) is 5.14. The number of nitriles is 1. The predicted octanol–water partition coefficient (Wildman–Crippen LogP) is 3.09. The first kappa shape index (κ1) is 20.0. The fourth-order valence-corrected chi connectivity index (χ4v) is 3.59. The Kier molecular flexibility index (Phi) is 5.29. The first-order valence-electron chi connectivity index (χ1n) is 9.54. The maximum Gasteiger partial charge on any atom is 0.336 e. The number of para-hydroxylation sites is 1. The van der Waals surface area contributed by atoms with E-state index in [1.54, 1.807) is 60.7 Å². The average molecular weight is 413 g/mol. The van der Waals surface area contributed by atoms with Gasteiger partial charge >= 0.3 is 5.69 Å². The minimum absolute atomic E-state index is 0.141. The topological polar surface area (TPSA) is 86.2 Å². The van der Waals surface area contributed by atoms with Crippen molar-refractivity contribution in [2.75, 3.05) is 14.2 Å². The van der Waals surface area contributed by atoms with Crippen LogP contribution in [-0.2, 0) is 6.54 Å². The van der Waals surface area contributed by atoms with Crippen molar-refractivity contribution in [1.29, 1.82) is 5.26 Å². The van der Waals surface area contributed by atoms with E-state index in [1.165, 1.54) is 18.8 Å². The molecule has 7 heteroatoms. The molecule has 0 spiro atoms. The van der Waals surface area contributed by atoms with Crippen LogP contribution >= 0.6 is 0 Å². The Labute approximate surface area is 177 Å². The van der Waals surface area contributed by atoms with Crippen LogP contribution in [0.5, 0.6) is 11.5 Å². The first-order valence-corrected chi connectivity index (χ1v) is 9.54. The van der Waals surface area contributed by atoms with Crippen LogP contribution in [0, 0.1) is 11.3 Å². The van der Waals surface area contributed by atoms with Crippen LogP contribution in [0.15, 0.2) is 76.3 Å². The summed E-state index contributed by atoms with van der Waals surface area (Å²) >= 11 is 0. The monoisotopic (exact) mass is 413 g/mol. The summed E-state index contributed by atoms with van der Waals surface area (Å²) in [7, 11) is 2.99. The molecule has 0 fully saturated rings. The molecular weight excluding hydrogens is 394 g/mol. The Hall–Kier alpha value is -4.31. The molecule has 0 saturated carbocycles. The summed E-state index contributed by atoms with van der Waals surface area (Å²) in [5, 5.41) is 9.84. The zero-order valence-corrected chi connectivity index (χ0v) is 17.0. The fourth-order valence-electron chi connectivity index (χ4n) is 3.59. The van der Waals surface area contributed by atoms with E-state index in [2.05, 4.69) is 6.07 Å². The molecule has 0 aliphatic heterocycles. The second-order valence-electron chi connectivity index (χ2n) is 6.83. The molecule has 154 valence electrons. The normalized spacial score (nSPS) is 10.6. The summed E-state index contributed by atoms with van der Waals surface area (Å²) in [5.74, 6) is 0.871. The lowest BCUT2D eigenvalue weighted by molar-refractivity contribution is 0.392. The number of ether oxygens (including phenoxy) is 2. The second kappa shape index (κ2) is 8.20. The third kappa shape index (κ3) is 3.45. The molecule has 0 aliphatic carbocycles. The predicted molar refractivity (Wildman–Crippen MR) is 117 cm³/mol. The van der Waals surface area contributed by atoms with Crippen LogP contribution < -0.4 is 20.7 Å². The maximum absolute atomic E-state index is 13.6. The van der Waals surface area contributed by atoms with Crippen LogP contribution in [0.4, 0.5) is 0 Å². The van der Waals surface area contributed by atoms with Gasteiger partial charge in [-0.15, -0.1) is 0 Å². The van der Waals surface area contributed by atoms with Crippen molar-refractivity contribution in [3.63, 3.8) is 0 Å². The number of aromatic nitrogens is 2. The molecule has 0 N–H and O–H groups in total. The fraction of sp³-hybridized carbons (Fsp3) is 0.125. The zero-order chi connectivity index (χ0) is 22.0. The van der Waals surface area contributed by atoms with Crippen molar-refractivity contribution in [3.05, 3.63) is 98.7 Å². The van der Waals surface area contributed by atoms with E-state index in [4.69, 9.17) is 9.47 Å². The molecule has 0 aliphatic rings. The highest BCUT2D eigenvalue weighted by molar-refractivity contribution is 5.78. The number of rotatable bonds is 5. The van der Waals surface area contributed by atoms with E-state index in [0.29, 0.717) is 39.2 Å². The molecule has 0 bridgehead atoms. The highest BCUT2D eigenvalue weighted by atomic mass is 16.5. The van der Waals surface area contributed by atoms with Crippen molar-refractivity contribution in [2.24, 2.45) is 0 Å². The number of nitrogens with zero attached hydrogens (tertiary/aromatic N) is 3. The summed E-state index contributed by atoms with van der Waals surface area (Å²) < 4.78 is 13.2. The van der Waals surface area contributed by atoms with Gasteiger partial charge in [0.2, 0.25) is 0 Å². The van der Waals surface area contributed by atoms with Gasteiger partial charge in [-0.1, -0.05) is 30.3 Å². The van der Waals surface area contributed by atoms with Crippen LogP contribution in [0.25, 0.3) is 16.6 Å². The maximum atomic E-state index is 13.6. The van der Waals surface area contributed by atoms with Gasteiger partial charge in [-0.2, -0.15) is 5.26 Å². The molecule has 0 saturated heterocycles. The van der Waals surface area contributed by atoms with Gasteiger partial charge in [-0.3, -0.25) is 9.36 Å². The zero-order valence-electron chi connectivity index (χ0n) is 17.0. The Morgan fingerprint density at radius 2 is 1.68 bits per heavy atom. The highest BCUT2D eigenvalue weighted by Gasteiger charge is 2.18. The Morgan fingerprint density at radius 3 is 2.42 bits per heavy atom. The third-order valence-corrected chi connectivity index (χ3v) is 5.14. The number of fused-ring (bicyclic) bond motifs is 1. The molecule has 1 aromatic heterocycles. The van der Waals surface area contributed by atoms with Gasteiger partial charge < -0.3 is 9.47 Å². The SMILES string of the molecule is COc1ccc(-n2c(=O)c3ccccc3n(Cc3ccccc3C#N)c2=O)c(OC)c1. The van der Waals surface area contributed by atoms with Gasteiger partial charge in [0.15, 0.2) is 0 Å². The van der Waals surface area contributed by atoms with E-state index < -0.39 is 11.2 Å². The van der Waals surface area contributed by atoms with Crippen molar-refractivity contribution >= 4 is 10.9 Å². The van der Waals surface area contributed by atoms with Gasteiger partial charge in [0, 0.05) is 6.07 Å². The molecule has 4 rings (SSSR count). The molecule has 31 heavy (non-hydrogen) atoms. The second-order valence-corrected chi connectivity index (χ2v) is 6.83. The number of methoxy groups -OCH3 is 2. The lowest BCUT2D eigenvalue weighted by Gasteiger charge is -2.17. The molecule has 0 radical (unpaired) electrons. The Morgan fingerprint density at radius 1 is 0.935 bits per heavy atom. The minimum atomic E-state index is -0.528. The summed E-state index contributed by atoms with van der Waals surface area (Å²) in [6.45, 7) is 0.141. The highest BCUT2D eigenvalue weighted by Crippen LogP contribution is 2.26. The molecular formula is C24H19N3O4. The number of hydrogen-bond donors (Lipinski definition) is 0. The summed E-state index contributed by atoms with van der Waals surface area (Å²) in [6, 6.07) is 21.0. The molecule has 0 atom stereocenters. The van der Waals surface area contributed by atoms with Crippen molar-refractivity contribution in [2.45, 2.75) is 6.54 Å². The van der Waals surface area contributed by atoms with Crippen LogP contribution in [0.3, 0.4) is 0 Å². The Balaban J connectivity index is 2.05. The van der Waals surface area contributed by atoms with E-state index in [0.717, 1.165) is 4.57 Å². The number of hydrogen-bond acceptors (Lipinski definition) is 5. The standard InChI is InChI=1S/C24H19N3O4/c1-30-18-11-12-21(22(13-18)31-2)27-23(28)19-9-5-6-10-20(19)26(24(27)29)15-17-8-4-3-7-16(17)14-25/h3-13H,15H2,1-2H3. The van der Waals surface area contributed by atoms with E-state index in [9.17, 15) is 14.9 Å². The van der Waals surface area contributed by atoms with Gasteiger partial charge in [0.05, 0.1) is 49.0 Å². The van der Waals surface area contributed by atoms with Gasteiger partial charge in [-0.05, 0) is 35.9 Å². The first-order chi connectivity index (χ1) is 15.1. The quantitative estimate of drug-likeness (QED) is 0.502. The van der Waals surface area contributed by atoms with Crippen molar-refractivity contribution < 1.29 is 9.47 Å². The van der Waals surface area contributed by atoms with E-state index >= 15 is 0 Å². The molecule has 7 nitrogen and oxygen atoms in total. The van der Waals surface area contributed by atoms with Crippen molar-refractivity contribution in [1.82, 2.24) is 9.13 Å². The minimum Gasteiger partial charge on any atom is -0.497 e. The molecule has 0 amide bonds. The average Bonchev–Trinajstić information content (AvgIpc) is 2.82. The Bertz CT molecular complexity index is 1440. The van der Waals surface area contributed by atoms with Crippen LogP contribution in [0.2, 0.25) is 0 Å². The molecule has 0 unspecified atom stereocenters. The van der Waals surface area contributed by atoms with Gasteiger partial charge in [0.1, 0.15) is 11.5 Å². The lowest BCUT2D eigenvalue weighted by Crippen LogP contribution is -2.39. The lowest BCUT2D eigenvalue weighted by atomic mass is 10.1. The summed E-state index contributed by atoms with van der Waals surface area (Å²) in [6.07, 6.45) is 0.